The summed E-state index contributed by atoms with van der Waals surface area (Å²) in [6, 6.07) is 12.5. The van der Waals surface area contributed by atoms with Crippen LogP contribution in [0.3, 0.4) is 0 Å². The van der Waals surface area contributed by atoms with Gasteiger partial charge in [0.15, 0.2) is 0 Å². The molecule has 1 N–H and O–H groups in total. The van der Waals surface area contributed by atoms with Crippen LogP contribution in [0.1, 0.15) is 5.56 Å². The Labute approximate surface area is 151 Å². The van der Waals surface area contributed by atoms with Gasteiger partial charge in [-0.3, -0.25) is 4.79 Å². The van der Waals surface area contributed by atoms with Crippen LogP contribution < -0.4 is 4.90 Å². The second-order valence-corrected chi connectivity index (χ2v) is 6.61. The molecule has 1 fully saturated rings. The number of piperazine rings is 1. The largest absolute Gasteiger partial charge is 0.506 e. The Bertz CT molecular complexity index is 744. The van der Waals surface area contributed by atoms with Crippen molar-refractivity contribution in [2.45, 2.75) is 6.42 Å². The highest BCUT2D eigenvalue weighted by Gasteiger charge is 2.23. The Morgan fingerprint density at radius 1 is 1.04 bits per heavy atom. The normalized spacial score (nSPS) is 14.8. The monoisotopic (exact) mass is 364 g/mol. The number of phenols is 1. The fraction of sp³-hybridized carbons (Fsp3) is 0.278. The van der Waals surface area contributed by atoms with Gasteiger partial charge in [0.05, 0.1) is 12.1 Å². The molecular formula is C18H18Cl2N2O2. The molecule has 6 heteroatoms. The van der Waals surface area contributed by atoms with Gasteiger partial charge in [0.1, 0.15) is 5.75 Å². The van der Waals surface area contributed by atoms with Gasteiger partial charge in [0.25, 0.3) is 0 Å². The van der Waals surface area contributed by atoms with Gasteiger partial charge in [0.2, 0.25) is 5.91 Å². The molecule has 0 aromatic heterocycles. The third kappa shape index (κ3) is 3.77. The van der Waals surface area contributed by atoms with Crippen molar-refractivity contribution in [1.29, 1.82) is 0 Å². The van der Waals surface area contributed by atoms with Crippen LogP contribution >= 0.6 is 23.2 Å². The number of carbonyl (C=O) groups excluding carboxylic acids is 1. The number of rotatable bonds is 3. The Hall–Kier alpha value is -1.91. The van der Waals surface area contributed by atoms with Crippen molar-refractivity contribution in [2.24, 2.45) is 0 Å². The quantitative estimate of drug-likeness (QED) is 0.904. The number of phenolic OH excluding ortho intramolecular Hbond substituents is 1. The summed E-state index contributed by atoms with van der Waals surface area (Å²) in [5, 5.41) is 11.0. The standard InChI is InChI=1S/C18H18Cl2N2O2/c19-14-6-5-13(15(20)12-14)11-18(24)22-9-7-21(8-10-22)16-3-1-2-4-17(16)23/h1-6,12,23H,7-11H2. The van der Waals surface area contributed by atoms with E-state index >= 15 is 0 Å². The lowest BCUT2D eigenvalue weighted by atomic mass is 10.1. The molecule has 0 bridgehead atoms. The zero-order chi connectivity index (χ0) is 17.1. The second kappa shape index (κ2) is 7.32. The molecule has 1 aliphatic rings. The van der Waals surface area contributed by atoms with Crippen molar-refractivity contribution >= 4 is 34.8 Å². The topological polar surface area (TPSA) is 43.8 Å². The minimum atomic E-state index is 0.0520. The molecule has 0 atom stereocenters. The number of aromatic hydroxyl groups is 1. The Kier molecular flexibility index (Phi) is 5.17. The number of para-hydroxylation sites is 2. The molecule has 0 aliphatic carbocycles. The van der Waals surface area contributed by atoms with Crippen molar-refractivity contribution in [3.05, 3.63) is 58.1 Å². The Morgan fingerprint density at radius 2 is 1.75 bits per heavy atom. The van der Waals surface area contributed by atoms with Crippen LogP contribution in [0.2, 0.25) is 10.0 Å². The average molecular weight is 365 g/mol. The first-order valence-electron chi connectivity index (χ1n) is 7.79. The number of halogens is 2. The molecule has 2 aromatic carbocycles. The van der Waals surface area contributed by atoms with E-state index in [2.05, 4.69) is 4.90 Å². The first-order chi connectivity index (χ1) is 11.5. The molecule has 126 valence electrons. The molecule has 0 unspecified atom stereocenters. The van der Waals surface area contributed by atoms with Gasteiger partial charge in [-0.15, -0.1) is 0 Å². The highest BCUT2D eigenvalue weighted by Crippen LogP contribution is 2.27. The molecule has 1 aliphatic heterocycles. The van der Waals surface area contributed by atoms with Gasteiger partial charge in [-0.25, -0.2) is 0 Å². The van der Waals surface area contributed by atoms with Gasteiger partial charge in [-0.2, -0.15) is 0 Å². The minimum Gasteiger partial charge on any atom is -0.506 e. The summed E-state index contributed by atoms with van der Waals surface area (Å²) in [5.74, 6) is 0.321. The molecular weight excluding hydrogens is 347 g/mol. The summed E-state index contributed by atoms with van der Waals surface area (Å²) in [7, 11) is 0. The van der Waals surface area contributed by atoms with Gasteiger partial charge in [-0.05, 0) is 29.8 Å². The second-order valence-electron chi connectivity index (χ2n) is 5.77. The molecule has 4 nitrogen and oxygen atoms in total. The fourth-order valence-corrected chi connectivity index (χ4v) is 3.34. The molecule has 24 heavy (non-hydrogen) atoms. The lowest BCUT2D eigenvalue weighted by molar-refractivity contribution is -0.130. The number of amides is 1. The first-order valence-corrected chi connectivity index (χ1v) is 8.55. The molecule has 1 saturated heterocycles. The predicted octanol–water partition coefficient (Wildman–Crippen LogP) is 3.59. The van der Waals surface area contributed by atoms with Gasteiger partial charge >= 0.3 is 0 Å². The molecule has 1 amide bonds. The molecule has 1 heterocycles. The highest BCUT2D eigenvalue weighted by molar-refractivity contribution is 6.35. The summed E-state index contributed by atoms with van der Waals surface area (Å²) < 4.78 is 0. The predicted molar refractivity (Wildman–Crippen MR) is 97.1 cm³/mol. The van der Waals surface area contributed by atoms with Crippen LogP contribution in [0.25, 0.3) is 0 Å². The zero-order valence-electron chi connectivity index (χ0n) is 13.1. The van der Waals surface area contributed by atoms with Gasteiger partial charge in [-0.1, -0.05) is 41.4 Å². The number of nitrogens with zero attached hydrogens (tertiary/aromatic N) is 2. The number of carbonyl (C=O) groups is 1. The van der Waals surface area contributed by atoms with Crippen LogP contribution in [-0.2, 0) is 11.2 Å². The van der Waals surface area contributed by atoms with E-state index in [0.717, 1.165) is 11.3 Å². The third-order valence-electron chi connectivity index (χ3n) is 4.21. The van der Waals surface area contributed by atoms with E-state index < -0.39 is 0 Å². The minimum absolute atomic E-state index is 0.0520. The van der Waals surface area contributed by atoms with E-state index in [1.165, 1.54) is 0 Å². The van der Waals surface area contributed by atoms with Crippen molar-refractivity contribution in [2.75, 3.05) is 31.1 Å². The van der Waals surface area contributed by atoms with Crippen LogP contribution in [0.4, 0.5) is 5.69 Å². The average Bonchev–Trinajstić information content (AvgIpc) is 2.58. The molecule has 0 radical (unpaired) electrons. The lowest BCUT2D eigenvalue weighted by Gasteiger charge is -2.36. The van der Waals surface area contributed by atoms with Crippen molar-refractivity contribution in [3.63, 3.8) is 0 Å². The third-order valence-corrected chi connectivity index (χ3v) is 4.80. The maximum Gasteiger partial charge on any atom is 0.227 e. The van der Waals surface area contributed by atoms with E-state index in [9.17, 15) is 9.90 Å². The first kappa shape index (κ1) is 16.9. The summed E-state index contributed by atoms with van der Waals surface area (Å²) in [4.78, 5) is 16.4. The van der Waals surface area contributed by atoms with E-state index in [4.69, 9.17) is 23.2 Å². The number of hydrogen-bond donors (Lipinski definition) is 1. The van der Waals surface area contributed by atoms with E-state index in [1.807, 2.05) is 17.0 Å². The van der Waals surface area contributed by atoms with E-state index in [0.29, 0.717) is 36.2 Å². The molecule has 3 rings (SSSR count). The highest BCUT2D eigenvalue weighted by atomic mass is 35.5. The SMILES string of the molecule is O=C(Cc1ccc(Cl)cc1Cl)N1CCN(c2ccccc2O)CC1. The number of anilines is 1. The van der Waals surface area contributed by atoms with Gasteiger partial charge in [0, 0.05) is 36.2 Å². The number of benzene rings is 2. The molecule has 0 spiro atoms. The Morgan fingerprint density at radius 3 is 2.42 bits per heavy atom. The van der Waals surface area contributed by atoms with Crippen molar-refractivity contribution < 1.29 is 9.90 Å². The Balaban J connectivity index is 1.60. The molecule has 0 saturated carbocycles. The lowest BCUT2D eigenvalue weighted by Crippen LogP contribution is -2.49. The van der Waals surface area contributed by atoms with E-state index in [-0.39, 0.29) is 18.1 Å². The van der Waals surface area contributed by atoms with Crippen LogP contribution in [0.5, 0.6) is 5.75 Å². The maximum absolute atomic E-state index is 12.5. The summed E-state index contributed by atoms with van der Waals surface area (Å²) in [5.41, 5.74) is 1.60. The van der Waals surface area contributed by atoms with Crippen molar-refractivity contribution in [3.8, 4) is 5.75 Å². The maximum atomic E-state index is 12.5. The van der Waals surface area contributed by atoms with E-state index in [1.54, 1.807) is 30.3 Å². The summed E-state index contributed by atoms with van der Waals surface area (Å²) >= 11 is 12.0. The van der Waals surface area contributed by atoms with Crippen molar-refractivity contribution in [1.82, 2.24) is 4.90 Å². The fourth-order valence-electron chi connectivity index (χ4n) is 2.87. The summed E-state index contributed by atoms with van der Waals surface area (Å²) in [6.45, 7) is 2.63. The molecule has 2 aromatic rings. The van der Waals surface area contributed by atoms with Crippen LogP contribution in [0.15, 0.2) is 42.5 Å². The van der Waals surface area contributed by atoms with Gasteiger partial charge < -0.3 is 14.9 Å². The van der Waals surface area contributed by atoms with Crippen LogP contribution in [-0.4, -0.2) is 42.1 Å². The number of hydrogen-bond acceptors (Lipinski definition) is 3. The smallest absolute Gasteiger partial charge is 0.227 e. The van der Waals surface area contributed by atoms with Crippen LogP contribution in [0, 0.1) is 0 Å². The summed E-state index contributed by atoms with van der Waals surface area (Å²) in [6.07, 6.45) is 0.270. The zero-order valence-corrected chi connectivity index (χ0v) is 14.6.